The molecule has 1 aromatic heterocycles. The fourth-order valence-electron chi connectivity index (χ4n) is 4.66. The minimum Gasteiger partial charge on any atom is -0.409 e. The van der Waals surface area contributed by atoms with E-state index in [2.05, 4.69) is 51.0 Å². The van der Waals surface area contributed by atoms with Crippen LogP contribution in [0.5, 0.6) is 11.5 Å². The molecule has 0 bridgehead atoms. The number of amidine groups is 1. The molecule has 1 saturated heterocycles. The number of fused-ring (bicyclic) bond motifs is 3. The van der Waals surface area contributed by atoms with Crippen molar-refractivity contribution in [3.05, 3.63) is 96.0 Å². The third-order valence-corrected chi connectivity index (χ3v) is 7.49. The van der Waals surface area contributed by atoms with E-state index >= 15 is 0 Å². The first-order valence-corrected chi connectivity index (χ1v) is 13.5. The number of alkyl halides is 3. The average molecular weight is 578 g/mol. The number of benzene rings is 3. The minimum absolute atomic E-state index is 0.279. The number of anilines is 1. The van der Waals surface area contributed by atoms with Crippen LogP contribution in [-0.2, 0) is 0 Å². The molecule has 1 unspecified atom stereocenters. The van der Waals surface area contributed by atoms with Gasteiger partial charge in [-0.15, -0.1) is 18.3 Å². The van der Waals surface area contributed by atoms with Crippen molar-refractivity contribution in [3.8, 4) is 28.6 Å². The summed E-state index contributed by atoms with van der Waals surface area (Å²) < 4.78 is 48.0. The molecule has 0 N–H and O–H groups in total. The fourth-order valence-corrected chi connectivity index (χ4v) is 5.64. The van der Waals surface area contributed by atoms with Crippen LogP contribution in [0.4, 0.5) is 23.7 Å². The number of nitrogens with zero attached hydrogens (tertiary/aromatic N) is 5. The average Bonchev–Trinajstić information content (AvgIpc) is 3.56. The lowest BCUT2D eigenvalue weighted by Crippen LogP contribution is -2.28. The van der Waals surface area contributed by atoms with E-state index in [0.29, 0.717) is 28.0 Å². The summed E-state index contributed by atoms with van der Waals surface area (Å²) in [5.74, 6) is 1.37. The monoisotopic (exact) mass is 577 g/mol. The van der Waals surface area contributed by atoms with Gasteiger partial charge in [0.05, 0.1) is 11.4 Å². The second-order valence-corrected chi connectivity index (χ2v) is 10.4. The van der Waals surface area contributed by atoms with Crippen molar-refractivity contribution < 1.29 is 27.4 Å². The number of thioether (sulfide) groups is 1. The quantitative estimate of drug-likeness (QED) is 0.253. The standard InChI is InChI=1S/C29H22F3N5O3S/c1-17-3-12-24-18(2)14-21-15-41-27(37(21)25(24)13-17)34-28(38)39-22-8-4-19(5-9-22)26-33-16-36(35-26)20-6-10-23(11-7-20)40-29(30,31)32/h3-14,16,18H,15H2,1-2H3/b34-27-. The molecule has 41 heavy (non-hydrogen) atoms. The molecule has 1 fully saturated rings. The fraction of sp³-hybridized carbons (Fsp3) is 0.172. The molecular weight excluding hydrogens is 555 g/mol. The van der Waals surface area contributed by atoms with Crippen LogP contribution in [0.25, 0.3) is 17.1 Å². The number of hydrogen-bond acceptors (Lipinski definition) is 6. The molecular formula is C29H22F3N5O3S. The van der Waals surface area contributed by atoms with Gasteiger partial charge < -0.3 is 9.47 Å². The van der Waals surface area contributed by atoms with Crippen molar-refractivity contribution in [1.29, 1.82) is 0 Å². The Labute approximate surface area is 237 Å². The Hall–Kier alpha value is -4.58. The van der Waals surface area contributed by atoms with Gasteiger partial charge in [-0.3, -0.25) is 4.90 Å². The maximum atomic E-state index is 12.7. The van der Waals surface area contributed by atoms with Crippen molar-refractivity contribution in [1.82, 2.24) is 14.8 Å². The number of carbonyl (C=O) groups is 1. The van der Waals surface area contributed by atoms with Crippen LogP contribution in [-0.4, -0.2) is 38.1 Å². The number of amides is 1. The molecule has 208 valence electrons. The lowest BCUT2D eigenvalue weighted by Gasteiger charge is -2.30. The molecule has 0 radical (unpaired) electrons. The van der Waals surface area contributed by atoms with Crippen LogP contribution in [0.3, 0.4) is 0 Å². The summed E-state index contributed by atoms with van der Waals surface area (Å²) in [6.45, 7) is 4.19. The van der Waals surface area contributed by atoms with E-state index in [-0.39, 0.29) is 11.7 Å². The van der Waals surface area contributed by atoms with Crippen molar-refractivity contribution in [2.45, 2.75) is 26.1 Å². The van der Waals surface area contributed by atoms with Gasteiger partial charge in [0, 0.05) is 22.9 Å². The van der Waals surface area contributed by atoms with Crippen molar-refractivity contribution in [2.75, 3.05) is 10.7 Å². The first-order chi connectivity index (χ1) is 19.6. The van der Waals surface area contributed by atoms with Crippen LogP contribution in [0, 0.1) is 6.92 Å². The van der Waals surface area contributed by atoms with Crippen molar-refractivity contribution >= 4 is 28.7 Å². The molecule has 4 aromatic rings. The number of halogens is 3. The zero-order valence-electron chi connectivity index (χ0n) is 21.8. The highest BCUT2D eigenvalue weighted by Crippen LogP contribution is 2.43. The molecule has 2 aliphatic rings. The van der Waals surface area contributed by atoms with Gasteiger partial charge in [0.1, 0.15) is 17.8 Å². The Morgan fingerprint density at radius 2 is 1.78 bits per heavy atom. The highest BCUT2D eigenvalue weighted by molar-refractivity contribution is 8.14. The SMILES string of the molecule is Cc1ccc2c(c1)N1C(=CC2C)CS/C1=N\C(=O)Oc1ccc(-c2ncn(-c3ccc(OC(F)(F)F)cc3)n2)cc1. The first kappa shape index (κ1) is 26.6. The number of allylic oxidation sites excluding steroid dienone is 1. The predicted octanol–water partition coefficient (Wildman–Crippen LogP) is 7.25. The van der Waals surface area contributed by atoms with Crippen molar-refractivity contribution in [2.24, 2.45) is 4.99 Å². The number of aromatic nitrogens is 3. The summed E-state index contributed by atoms with van der Waals surface area (Å²) in [7, 11) is 0. The van der Waals surface area contributed by atoms with E-state index in [4.69, 9.17) is 4.74 Å². The first-order valence-electron chi connectivity index (χ1n) is 12.6. The number of ether oxygens (including phenoxy) is 2. The normalized spacial score (nSPS) is 17.2. The molecule has 0 saturated carbocycles. The van der Waals surface area contributed by atoms with Gasteiger partial charge in [-0.2, -0.15) is 4.99 Å². The molecule has 12 heteroatoms. The second-order valence-electron chi connectivity index (χ2n) is 9.47. The van der Waals surface area contributed by atoms with Crippen LogP contribution in [0.15, 0.2) is 89.8 Å². The molecule has 8 nitrogen and oxygen atoms in total. The molecule has 0 spiro atoms. The van der Waals surface area contributed by atoms with E-state index in [9.17, 15) is 18.0 Å². The van der Waals surface area contributed by atoms with Crippen LogP contribution >= 0.6 is 11.8 Å². The number of aryl methyl sites for hydroxylation is 1. The van der Waals surface area contributed by atoms with Gasteiger partial charge in [0.25, 0.3) is 0 Å². The van der Waals surface area contributed by atoms with Gasteiger partial charge in [0.15, 0.2) is 11.0 Å². The third-order valence-electron chi connectivity index (χ3n) is 6.52. The van der Waals surface area contributed by atoms with Gasteiger partial charge >= 0.3 is 12.5 Å². The molecule has 6 rings (SSSR count). The van der Waals surface area contributed by atoms with Crippen LogP contribution in [0.1, 0.15) is 24.0 Å². The predicted molar refractivity (Wildman–Crippen MR) is 150 cm³/mol. The molecule has 3 aromatic carbocycles. The van der Waals surface area contributed by atoms with Gasteiger partial charge in [0.2, 0.25) is 0 Å². The van der Waals surface area contributed by atoms with E-state index in [1.165, 1.54) is 52.6 Å². The third kappa shape index (κ3) is 5.68. The summed E-state index contributed by atoms with van der Waals surface area (Å²) in [5.41, 5.74) is 5.61. The van der Waals surface area contributed by atoms with Gasteiger partial charge in [-0.25, -0.2) is 14.5 Å². The lowest BCUT2D eigenvalue weighted by atomic mass is 9.93. The zero-order chi connectivity index (χ0) is 28.7. The van der Waals surface area contributed by atoms with E-state index in [0.717, 1.165) is 22.7 Å². The zero-order valence-corrected chi connectivity index (χ0v) is 22.6. The summed E-state index contributed by atoms with van der Waals surface area (Å²) >= 11 is 1.49. The van der Waals surface area contributed by atoms with Gasteiger partial charge in [-0.05, 0) is 72.6 Å². The maximum Gasteiger partial charge on any atom is 0.573 e. The minimum atomic E-state index is -4.76. The molecule has 2 aliphatic heterocycles. The van der Waals surface area contributed by atoms with E-state index in [1.54, 1.807) is 24.3 Å². The highest BCUT2D eigenvalue weighted by Gasteiger charge is 2.34. The number of rotatable bonds is 4. The molecule has 3 heterocycles. The van der Waals surface area contributed by atoms with Crippen LogP contribution in [0.2, 0.25) is 0 Å². The maximum absolute atomic E-state index is 12.7. The van der Waals surface area contributed by atoms with Crippen molar-refractivity contribution in [3.63, 3.8) is 0 Å². The Bertz CT molecular complexity index is 1680. The van der Waals surface area contributed by atoms with Crippen LogP contribution < -0.4 is 14.4 Å². The molecule has 1 atom stereocenters. The molecule has 0 aliphatic carbocycles. The summed E-state index contributed by atoms with van der Waals surface area (Å²) in [5, 5.41) is 4.96. The van der Waals surface area contributed by atoms with Gasteiger partial charge in [-0.1, -0.05) is 36.9 Å². The number of carbonyl (C=O) groups excluding carboxylic acids is 1. The topological polar surface area (TPSA) is 81.8 Å². The highest BCUT2D eigenvalue weighted by atomic mass is 32.2. The molecule has 1 amide bonds. The Kier molecular flexibility index (Phi) is 6.78. The van der Waals surface area contributed by atoms with E-state index in [1.807, 2.05) is 11.8 Å². The smallest absolute Gasteiger partial charge is 0.409 e. The second kappa shape index (κ2) is 10.4. The summed E-state index contributed by atoms with van der Waals surface area (Å²) in [4.78, 5) is 23.3. The summed E-state index contributed by atoms with van der Waals surface area (Å²) in [6, 6.07) is 18.2. The number of aliphatic imine (C=N–C) groups is 1. The van der Waals surface area contributed by atoms with E-state index < -0.39 is 12.5 Å². The number of hydrogen-bond donors (Lipinski definition) is 0. The lowest BCUT2D eigenvalue weighted by molar-refractivity contribution is -0.274. The Balaban J connectivity index is 1.13. The summed E-state index contributed by atoms with van der Waals surface area (Å²) in [6.07, 6.45) is -1.84. The Morgan fingerprint density at radius 1 is 1.05 bits per heavy atom. The Morgan fingerprint density at radius 3 is 2.51 bits per heavy atom. The largest absolute Gasteiger partial charge is 0.573 e.